The Balaban J connectivity index is 1.61. The molecule has 0 aliphatic carbocycles. The summed E-state index contributed by atoms with van der Waals surface area (Å²) in [5.74, 6) is 0.659. The van der Waals surface area contributed by atoms with Crippen molar-refractivity contribution in [3.8, 4) is 11.5 Å². The Morgan fingerprint density at radius 3 is 2.28 bits per heavy atom. The Hall–Kier alpha value is -4.06. The van der Waals surface area contributed by atoms with Crippen molar-refractivity contribution < 1.29 is 23.5 Å². The van der Waals surface area contributed by atoms with Gasteiger partial charge < -0.3 is 19.2 Å². The number of anilines is 1. The fraction of sp³-hybridized carbons (Fsp3) is 0.154. The number of rotatable bonds is 7. The molecule has 6 heteroatoms. The summed E-state index contributed by atoms with van der Waals surface area (Å²) < 4.78 is 16.8. The molecule has 0 saturated heterocycles. The normalized spacial score (nSPS) is 10.7. The van der Waals surface area contributed by atoms with E-state index in [1.54, 1.807) is 43.5 Å². The van der Waals surface area contributed by atoms with Crippen LogP contribution in [-0.4, -0.2) is 25.4 Å². The first-order chi connectivity index (χ1) is 15.5. The molecular weight excluding hydrogens is 406 g/mol. The standard InChI is InChI=1S/C26H23NO5/c1-16-7-6-8-17(2)25(16)31-15-22(28)27-23-20-9-4-5-10-21(20)32-26(23)24(29)18-11-13-19(30-3)14-12-18/h4-14H,15H2,1-3H3,(H,27,28). The molecule has 0 radical (unpaired) electrons. The molecule has 0 saturated carbocycles. The number of amides is 1. The number of hydrogen-bond acceptors (Lipinski definition) is 5. The van der Waals surface area contributed by atoms with Crippen LogP contribution in [0.5, 0.6) is 11.5 Å². The summed E-state index contributed by atoms with van der Waals surface area (Å²) in [6.45, 7) is 3.66. The number of benzene rings is 3. The highest BCUT2D eigenvalue weighted by Gasteiger charge is 2.23. The quantitative estimate of drug-likeness (QED) is 0.403. The van der Waals surface area contributed by atoms with Crippen molar-refractivity contribution in [2.75, 3.05) is 19.0 Å². The van der Waals surface area contributed by atoms with Crippen LogP contribution in [0.1, 0.15) is 27.2 Å². The Bertz CT molecular complexity index is 1270. The second-order valence-electron chi connectivity index (χ2n) is 7.42. The number of carbonyl (C=O) groups is 2. The van der Waals surface area contributed by atoms with E-state index in [9.17, 15) is 9.59 Å². The fourth-order valence-electron chi connectivity index (χ4n) is 3.54. The number of furan rings is 1. The maximum Gasteiger partial charge on any atom is 0.262 e. The number of fused-ring (bicyclic) bond motifs is 1. The molecule has 0 bridgehead atoms. The van der Waals surface area contributed by atoms with E-state index in [-0.39, 0.29) is 24.1 Å². The van der Waals surface area contributed by atoms with E-state index in [0.29, 0.717) is 33.7 Å². The van der Waals surface area contributed by atoms with Gasteiger partial charge in [0.2, 0.25) is 5.78 Å². The Kier molecular flexibility index (Phi) is 5.94. The van der Waals surface area contributed by atoms with Gasteiger partial charge in [-0.15, -0.1) is 0 Å². The lowest BCUT2D eigenvalue weighted by atomic mass is 10.1. The number of carbonyl (C=O) groups excluding carboxylic acids is 2. The molecule has 0 atom stereocenters. The summed E-state index contributed by atoms with van der Waals surface area (Å²) in [6, 6.07) is 19.7. The van der Waals surface area contributed by atoms with Gasteiger partial charge in [-0.1, -0.05) is 30.3 Å². The average Bonchev–Trinajstić information content (AvgIpc) is 3.16. The first-order valence-electron chi connectivity index (χ1n) is 10.2. The van der Waals surface area contributed by atoms with Crippen LogP contribution < -0.4 is 14.8 Å². The molecule has 1 aromatic heterocycles. The molecule has 0 spiro atoms. The highest BCUT2D eigenvalue weighted by molar-refractivity contribution is 6.17. The molecule has 0 fully saturated rings. The van der Waals surface area contributed by atoms with Crippen molar-refractivity contribution in [2.24, 2.45) is 0 Å². The van der Waals surface area contributed by atoms with E-state index in [2.05, 4.69) is 5.32 Å². The third kappa shape index (κ3) is 4.21. The number of methoxy groups -OCH3 is 1. The zero-order valence-electron chi connectivity index (χ0n) is 18.1. The van der Waals surface area contributed by atoms with E-state index >= 15 is 0 Å². The highest BCUT2D eigenvalue weighted by Crippen LogP contribution is 2.33. The first kappa shape index (κ1) is 21.2. The van der Waals surface area contributed by atoms with Crippen LogP contribution in [0.3, 0.4) is 0 Å². The van der Waals surface area contributed by atoms with Gasteiger partial charge in [0.25, 0.3) is 5.91 Å². The molecule has 4 rings (SSSR count). The van der Waals surface area contributed by atoms with Crippen molar-refractivity contribution in [3.63, 3.8) is 0 Å². The third-order valence-electron chi connectivity index (χ3n) is 5.17. The molecule has 0 aliphatic heterocycles. The van der Waals surface area contributed by atoms with E-state index in [0.717, 1.165) is 11.1 Å². The SMILES string of the molecule is COc1ccc(C(=O)c2oc3ccccc3c2NC(=O)COc2c(C)cccc2C)cc1. The van der Waals surface area contributed by atoms with Crippen LogP contribution in [0.2, 0.25) is 0 Å². The summed E-state index contributed by atoms with van der Waals surface area (Å²) in [7, 11) is 1.56. The minimum absolute atomic E-state index is 0.0665. The maximum atomic E-state index is 13.2. The van der Waals surface area contributed by atoms with Gasteiger partial charge in [0.1, 0.15) is 17.1 Å². The lowest BCUT2D eigenvalue weighted by molar-refractivity contribution is -0.118. The summed E-state index contributed by atoms with van der Waals surface area (Å²) in [4.78, 5) is 25.9. The summed E-state index contributed by atoms with van der Waals surface area (Å²) in [5.41, 5.74) is 3.16. The molecule has 4 aromatic rings. The zero-order chi connectivity index (χ0) is 22.7. The largest absolute Gasteiger partial charge is 0.497 e. The van der Waals surface area contributed by atoms with E-state index in [1.807, 2.05) is 44.2 Å². The molecule has 0 aliphatic rings. The second kappa shape index (κ2) is 8.98. The number of ketones is 1. The minimum atomic E-state index is -0.386. The van der Waals surface area contributed by atoms with Crippen molar-refractivity contribution in [1.29, 1.82) is 0 Å². The van der Waals surface area contributed by atoms with Gasteiger partial charge in [-0.25, -0.2) is 0 Å². The van der Waals surface area contributed by atoms with Crippen molar-refractivity contribution in [1.82, 2.24) is 0 Å². The average molecular weight is 429 g/mol. The Morgan fingerprint density at radius 2 is 1.59 bits per heavy atom. The molecule has 32 heavy (non-hydrogen) atoms. The Labute approximate surface area is 185 Å². The van der Waals surface area contributed by atoms with Gasteiger partial charge in [-0.2, -0.15) is 0 Å². The molecule has 1 N–H and O–H groups in total. The number of nitrogens with one attached hydrogen (secondary N) is 1. The highest BCUT2D eigenvalue weighted by atomic mass is 16.5. The predicted molar refractivity (Wildman–Crippen MR) is 123 cm³/mol. The minimum Gasteiger partial charge on any atom is -0.497 e. The third-order valence-corrected chi connectivity index (χ3v) is 5.17. The van der Waals surface area contributed by atoms with Gasteiger partial charge in [-0.05, 0) is 61.4 Å². The summed E-state index contributed by atoms with van der Waals surface area (Å²) >= 11 is 0. The van der Waals surface area contributed by atoms with Crippen molar-refractivity contribution in [3.05, 3.63) is 89.2 Å². The topological polar surface area (TPSA) is 77.8 Å². The van der Waals surface area contributed by atoms with Crippen molar-refractivity contribution >= 4 is 28.3 Å². The molecule has 0 unspecified atom stereocenters. The van der Waals surface area contributed by atoms with Crippen LogP contribution in [-0.2, 0) is 4.79 Å². The number of aryl methyl sites for hydroxylation is 2. The Morgan fingerprint density at radius 1 is 0.906 bits per heavy atom. The van der Waals surface area contributed by atoms with E-state index in [1.165, 1.54) is 0 Å². The zero-order valence-corrected chi connectivity index (χ0v) is 18.1. The molecule has 3 aromatic carbocycles. The number of para-hydroxylation sites is 2. The van der Waals surface area contributed by atoms with Gasteiger partial charge in [0.05, 0.1) is 12.8 Å². The molecule has 162 valence electrons. The first-order valence-corrected chi connectivity index (χ1v) is 10.2. The second-order valence-corrected chi connectivity index (χ2v) is 7.42. The van der Waals surface area contributed by atoms with E-state index in [4.69, 9.17) is 13.9 Å². The number of hydrogen-bond donors (Lipinski definition) is 1. The van der Waals surface area contributed by atoms with Crippen LogP contribution in [0.25, 0.3) is 11.0 Å². The van der Waals surface area contributed by atoms with Crippen LogP contribution in [0, 0.1) is 13.8 Å². The lowest BCUT2D eigenvalue weighted by Gasteiger charge is -2.12. The molecular formula is C26H23NO5. The lowest BCUT2D eigenvalue weighted by Crippen LogP contribution is -2.21. The molecule has 1 amide bonds. The maximum absolute atomic E-state index is 13.2. The van der Waals surface area contributed by atoms with Gasteiger partial charge in [-0.3, -0.25) is 9.59 Å². The van der Waals surface area contributed by atoms with E-state index < -0.39 is 0 Å². The van der Waals surface area contributed by atoms with Crippen LogP contribution in [0.15, 0.2) is 71.1 Å². The fourth-order valence-corrected chi connectivity index (χ4v) is 3.54. The number of ether oxygens (including phenoxy) is 2. The van der Waals surface area contributed by atoms with Crippen LogP contribution >= 0.6 is 0 Å². The van der Waals surface area contributed by atoms with Crippen LogP contribution in [0.4, 0.5) is 5.69 Å². The summed E-state index contributed by atoms with van der Waals surface area (Å²) in [6.07, 6.45) is 0. The predicted octanol–water partition coefficient (Wildman–Crippen LogP) is 5.31. The van der Waals surface area contributed by atoms with Gasteiger partial charge >= 0.3 is 0 Å². The van der Waals surface area contributed by atoms with Crippen molar-refractivity contribution in [2.45, 2.75) is 13.8 Å². The monoisotopic (exact) mass is 429 g/mol. The van der Waals surface area contributed by atoms with Gasteiger partial charge in [0.15, 0.2) is 12.4 Å². The van der Waals surface area contributed by atoms with Gasteiger partial charge in [0, 0.05) is 10.9 Å². The summed E-state index contributed by atoms with van der Waals surface area (Å²) in [5, 5.41) is 3.46. The molecule has 6 nitrogen and oxygen atoms in total. The molecule has 1 heterocycles. The smallest absolute Gasteiger partial charge is 0.262 e.